The lowest BCUT2D eigenvalue weighted by Gasteiger charge is -2.38. The first kappa shape index (κ1) is 12.9. The number of nitrogens with zero attached hydrogens (tertiary/aromatic N) is 1. The normalized spacial score (nSPS) is 18.1. The average Bonchev–Trinajstić information content (AvgIpc) is 2.42. The van der Waals surface area contributed by atoms with E-state index in [1.165, 1.54) is 6.42 Å². The standard InChI is InChI=1S/C15H20N2O/c1-12-6-5-7-13(10-16)14(12)17-15(11-18)8-3-2-4-9-15/h5-7,17-18H,2-4,8-9,11H2,1H3. The van der Waals surface area contributed by atoms with Crippen molar-refractivity contribution in [1.82, 2.24) is 0 Å². The largest absolute Gasteiger partial charge is 0.394 e. The number of aryl methyl sites for hydroxylation is 1. The highest BCUT2D eigenvalue weighted by molar-refractivity contribution is 5.63. The predicted molar refractivity (Wildman–Crippen MR) is 72.4 cm³/mol. The van der Waals surface area contributed by atoms with Gasteiger partial charge >= 0.3 is 0 Å². The molecule has 0 amide bonds. The minimum Gasteiger partial charge on any atom is -0.394 e. The molecular weight excluding hydrogens is 224 g/mol. The van der Waals surface area contributed by atoms with Gasteiger partial charge in [-0.1, -0.05) is 31.4 Å². The first-order chi connectivity index (χ1) is 8.71. The number of para-hydroxylation sites is 1. The molecule has 0 saturated heterocycles. The van der Waals surface area contributed by atoms with E-state index in [4.69, 9.17) is 0 Å². The molecular formula is C15H20N2O. The molecule has 2 N–H and O–H groups in total. The van der Waals surface area contributed by atoms with Gasteiger partial charge in [-0.3, -0.25) is 0 Å². The van der Waals surface area contributed by atoms with Crippen molar-refractivity contribution < 1.29 is 5.11 Å². The topological polar surface area (TPSA) is 56.0 Å². The van der Waals surface area contributed by atoms with E-state index in [-0.39, 0.29) is 12.1 Å². The predicted octanol–water partition coefficient (Wildman–Crippen LogP) is 2.97. The molecule has 0 spiro atoms. The number of anilines is 1. The third-order valence-corrected chi connectivity index (χ3v) is 3.90. The van der Waals surface area contributed by atoms with Crippen LogP contribution in [0.4, 0.5) is 5.69 Å². The Bertz CT molecular complexity index is 456. The zero-order valence-electron chi connectivity index (χ0n) is 10.9. The van der Waals surface area contributed by atoms with Crippen LogP contribution in [-0.4, -0.2) is 17.3 Å². The monoisotopic (exact) mass is 244 g/mol. The molecule has 1 aliphatic rings. The Kier molecular flexibility index (Phi) is 3.88. The molecule has 0 radical (unpaired) electrons. The van der Waals surface area contributed by atoms with Gasteiger partial charge in [0.1, 0.15) is 6.07 Å². The second-order valence-corrected chi connectivity index (χ2v) is 5.23. The quantitative estimate of drug-likeness (QED) is 0.859. The molecule has 2 rings (SSSR count). The zero-order valence-corrected chi connectivity index (χ0v) is 10.9. The molecule has 0 heterocycles. The number of hydrogen-bond acceptors (Lipinski definition) is 3. The highest BCUT2D eigenvalue weighted by Gasteiger charge is 2.32. The number of hydrogen-bond donors (Lipinski definition) is 2. The van der Waals surface area contributed by atoms with Crippen molar-refractivity contribution in [3.63, 3.8) is 0 Å². The summed E-state index contributed by atoms with van der Waals surface area (Å²) in [6, 6.07) is 7.94. The molecule has 96 valence electrons. The van der Waals surface area contributed by atoms with Crippen LogP contribution >= 0.6 is 0 Å². The fourth-order valence-electron chi connectivity index (χ4n) is 2.74. The molecule has 1 aromatic rings. The third kappa shape index (κ3) is 2.49. The summed E-state index contributed by atoms with van der Waals surface area (Å²) in [6.45, 7) is 2.13. The van der Waals surface area contributed by atoms with Crippen LogP contribution in [0.5, 0.6) is 0 Å². The summed E-state index contributed by atoms with van der Waals surface area (Å²) in [5.74, 6) is 0. The van der Waals surface area contributed by atoms with Crippen LogP contribution in [0.2, 0.25) is 0 Å². The van der Waals surface area contributed by atoms with E-state index in [9.17, 15) is 10.4 Å². The van der Waals surface area contributed by atoms with Crippen molar-refractivity contribution >= 4 is 5.69 Å². The lowest BCUT2D eigenvalue weighted by atomic mass is 9.81. The van der Waals surface area contributed by atoms with Gasteiger partial charge in [-0.2, -0.15) is 5.26 Å². The zero-order chi connectivity index (χ0) is 13.0. The van der Waals surface area contributed by atoms with E-state index in [0.717, 1.165) is 36.9 Å². The second kappa shape index (κ2) is 5.41. The summed E-state index contributed by atoms with van der Waals surface area (Å²) in [7, 11) is 0. The molecule has 0 aromatic heterocycles. The molecule has 3 nitrogen and oxygen atoms in total. The Morgan fingerprint density at radius 1 is 1.33 bits per heavy atom. The SMILES string of the molecule is Cc1cccc(C#N)c1NC1(CO)CCCCC1. The van der Waals surface area contributed by atoms with Gasteiger partial charge in [0.2, 0.25) is 0 Å². The summed E-state index contributed by atoms with van der Waals surface area (Å²) >= 11 is 0. The van der Waals surface area contributed by atoms with Crippen molar-refractivity contribution in [3.05, 3.63) is 29.3 Å². The molecule has 0 aliphatic heterocycles. The van der Waals surface area contributed by atoms with Crippen molar-refractivity contribution in [3.8, 4) is 6.07 Å². The van der Waals surface area contributed by atoms with Crippen LogP contribution in [0.25, 0.3) is 0 Å². The first-order valence-corrected chi connectivity index (χ1v) is 6.59. The fourth-order valence-corrected chi connectivity index (χ4v) is 2.74. The highest BCUT2D eigenvalue weighted by Crippen LogP contribution is 2.33. The number of aliphatic hydroxyl groups is 1. The third-order valence-electron chi connectivity index (χ3n) is 3.90. The lowest BCUT2D eigenvalue weighted by Crippen LogP contribution is -2.44. The average molecular weight is 244 g/mol. The molecule has 0 unspecified atom stereocenters. The van der Waals surface area contributed by atoms with Gasteiger partial charge < -0.3 is 10.4 Å². The van der Waals surface area contributed by atoms with Crippen LogP contribution in [0.15, 0.2) is 18.2 Å². The number of aliphatic hydroxyl groups excluding tert-OH is 1. The fraction of sp³-hybridized carbons (Fsp3) is 0.533. The molecule has 0 atom stereocenters. The van der Waals surface area contributed by atoms with Gasteiger partial charge in [0, 0.05) is 0 Å². The lowest BCUT2D eigenvalue weighted by molar-refractivity contribution is 0.173. The summed E-state index contributed by atoms with van der Waals surface area (Å²) in [4.78, 5) is 0. The maximum atomic E-state index is 9.71. The van der Waals surface area contributed by atoms with E-state index in [1.807, 2.05) is 25.1 Å². The van der Waals surface area contributed by atoms with Crippen LogP contribution in [0, 0.1) is 18.3 Å². The van der Waals surface area contributed by atoms with E-state index < -0.39 is 0 Å². The van der Waals surface area contributed by atoms with Crippen molar-refractivity contribution in [2.45, 2.75) is 44.6 Å². The van der Waals surface area contributed by atoms with E-state index in [1.54, 1.807) is 0 Å². The Labute approximate surface area is 108 Å². The Hall–Kier alpha value is -1.53. The second-order valence-electron chi connectivity index (χ2n) is 5.23. The van der Waals surface area contributed by atoms with Gasteiger partial charge in [0.15, 0.2) is 0 Å². The van der Waals surface area contributed by atoms with Gasteiger partial charge in [0.05, 0.1) is 23.4 Å². The van der Waals surface area contributed by atoms with Crippen LogP contribution < -0.4 is 5.32 Å². The van der Waals surface area contributed by atoms with Crippen molar-refractivity contribution in [1.29, 1.82) is 5.26 Å². The maximum Gasteiger partial charge on any atom is 0.101 e. The van der Waals surface area contributed by atoms with Crippen LogP contribution in [0.3, 0.4) is 0 Å². The van der Waals surface area contributed by atoms with Gasteiger partial charge in [-0.25, -0.2) is 0 Å². The Balaban J connectivity index is 2.30. The first-order valence-electron chi connectivity index (χ1n) is 6.59. The minimum atomic E-state index is -0.240. The molecule has 1 aromatic carbocycles. The molecule has 1 saturated carbocycles. The summed E-state index contributed by atoms with van der Waals surface area (Å²) in [6.07, 6.45) is 5.47. The summed E-state index contributed by atoms with van der Waals surface area (Å²) in [5.41, 5.74) is 2.37. The van der Waals surface area contributed by atoms with E-state index in [0.29, 0.717) is 5.56 Å². The molecule has 3 heteroatoms. The van der Waals surface area contributed by atoms with Crippen LogP contribution in [0.1, 0.15) is 43.2 Å². The molecule has 0 bridgehead atoms. The van der Waals surface area contributed by atoms with E-state index >= 15 is 0 Å². The smallest absolute Gasteiger partial charge is 0.101 e. The van der Waals surface area contributed by atoms with Gasteiger partial charge in [-0.05, 0) is 31.4 Å². The highest BCUT2D eigenvalue weighted by atomic mass is 16.3. The molecule has 18 heavy (non-hydrogen) atoms. The number of benzene rings is 1. The van der Waals surface area contributed by atoms with Crippen molar-refractivity contribution in [2.75, 3.05) is 11.9 Å². The summed E-state index contributed by atoms with van der Waals surface area (Å²) < 4.78 is 0. The van der Waals surface area contributed by atoms with Gasteiger partial charge in [-0.15, -0.1) is 0 Å². The summed E-state index contributed by atoms with van der Waals surface area (Å²) in [5, 5.41) is 22.3. The maximum absolute atomic E-state index is 9.71. The molecule has 1 aliphatic carbocycles. The molecule has 1 fully saturated rings. The number of rotatable bonds is 3. The van der Waals surface area contributed by atoms with Crippen LogP contribution in [-0.2, 0) is 0 Å². The van der Waals surface area contributed by atoms with E-state index in [2.05, 4.69) is 11.4 Å². The minimum absolute atomic E-state index is 0.131. The number of nitrogens with one attached hydrogen (secondary N) is 1. The van der Waals surface area contributed by atoms with Crippen molar-refractivity contribution in [2.24, 2.45) is 0 Å². The van der Waals surface area contributed by atoms with Gasteiger partial charge in [0.25, 0.3) is 0 Å². The Morgan fingerprint density at radius 3 is 2.67 bits per heavy atom. The number of nitriles is 1. The Morgan fingerprint density at radius 2 is 2.06 bits per heavy atom.